The van der Waals surface area contributed by atoms with Crippen LogP contribution in [-0.4, -0.2) is 21.6 Å². The number of aromatic nitrogens is 2. The second-order valence-electron chi connectivity index (χ2n) is 5.81. The molecule has 8 heteroatoms. The summed E-state index contributed by atoms with van der Waals surface area (Å²) in [6, 6.07) is 13.7. The van der Waals surface area contributed by atoms with Gasteiger partial charge in [-0.1, -0.05) is 48.0 Å². The van der Waals surface area contributed by atoms with Crippen molar-refractivity contribution in [3.63, 3.8) is 0 Å². The van der Waals surface area contributed by atoms with Gasteiger partial charge in [0.25, 0.3) is 17.4 Å². The lowest BCUT2D eigenvalue weighted by Crippen LogP contribution is -2.42. The first kappa shape index (κ1) is 19.3. The molecule has 0 aliphatic carbocycles. The molecule has 142 valence electrons. The Morgan fingerprint density at radius 3 is 2.46 bits per heavy atom. The van der Waals surface area contributed by atoms with Crippen molar-refractivity contribution in [2.75, 3.05) is 0 Å². The highest BCUT2D eigenvalue weighted by Crippen LogP contribution is 2.16. The molecule has 2 amide bonds. The highest BCUT2D eigenvalue weighted by Gasteiger charge is 2.16. The number of halogens is 1. The third kappa shape index (κ3) is 4.10. The molecule has 0 aliphatic rings. The number of hydrazine groups is 1. The van der Waals surface area contributed by atoms with Crippen LogP contribution >= 0.6 is 11.6 Å². The number of hydrogen-bond acceptors (Lipinski definition) is 4. The monoisotopic (exact) mass is 396 g/mol. The number of nitrogens with one attached hydrogen (secondary N) is 2. The summed E-state index contributed by atoms with van der Waals surface area (Å²) in [5.41, 5.74) is 5.05. The molecule has 1 aromatic heterocycles. The number of rotatable bonds is 4. The Morgan fingerprint density at radius 1 is 1.07 bits per heavy atom. The Labute approximate surface area is 165 Å². The average Bonchev–Trinajstić information content (AvgIpc) is 2.72. The van der Waals surface area contributed by atoms with Crippen molar-refractivity contribution in [2.24, 2.45) is 0 Å². The number of fused-ring (bicyclic) bond motifs is 1. The number of benzene rings is 2. The molecule has 0 spiro atoms. The van der Waals surface area contributed by atoms with E-state index < -0.39 is 11.8 Å². The SMILES string of the molecule is CCn1nc(C(=O)NNC(=O)/C=C/c2ccccc2Cl)c2ccccc2c1=O. The zero-order valence-corrected chi connectivity index (χ0v) is 15.7. The van der Waals surface area contributed by atoms with E-state index in [0.717, 1.165) is 0 Å². The zero-order valence-electron chi connectivity index (χ0n) is 15.0. The second-order valence-corrected chi connectivity index (χ2v) is 6.22. The minimum Gasteiger partial charge on any atom is -0.268 e. The van der Waals surface area contributed by atoms with E-state index in [-0.39, 0.29) is 11.3 Å². The van der Waals surface area contributed by atoms with Crippen molar-refractivity contribution in [2.45, 2.75) is 13.5 Å². The van der Waals surface area contributed by atoms with Gasteiger partial charge in [0.2, 0.25) is 0 Å². The van der Waals surface area contributed by atoms with E-state index in [1.165, 1.54) is 16.8 Å². The molecule has 0 bridgehead atoms. The summed E-state index contributed by atoms with van der Waals surface area (Å²) < 4.78 is 1.20. The summed E-state index contributed by atoms with van der Waals surface area (Å²) in [5, 5.41) is 5.41. The lowest BCUT2D eigenvalue weighted by Gasteiger charge is -2.10. The van der Waals surface area contributed by atoms with Crippen LogP contribution in [0.25, 0.3) is 16.8 Å². The van der Waals surface area contributed by atoms with Crippen molar-refractivity contribution in [3.8, 4) is 0 Å². The van der Waals surface area contributed by atoms with Crippen molar-refractivity contribution in [1.29, 1.82) is 0 Å². The van der Waals surface area contributed by atoms with Crippen LogP contribution in [0.1, 0.15) is 23.0 Å². The molecule has 3 rings (SSSR count). The minimum absolute atomic E-state index is 0.0485. The Bertz CT molecular complexity index is 1140. The molecule has 0 saturated heterocycles. The van der Waals surface area contributed by atoms with Gasteiger partial charge in [0.15, 0.2) is 5.69 Å². The fourth-order valence-corrected chi connectivity index (χ4v) is 2.81. The average molecular weight is 397 g/mol. The molecule has 28 heavy (non-hydrogen) atoms. The smallest absolute Gasteiger partial charge is 0.268 e. The third-order valence-corrected chi connectivity index (χ3v) is 4.35. The van der Waals surface area contributed by atoms with E-state index in [4.69, 9.17) is 11.6 Å². The normalized spacial score (nSPS) is 10.9. The summed E-state index contributed by atoms with van der Waals surface area (Å²) in [5.74, 6) is -1.17. The van der Waals surface area contributed by atoms with Crippen LogP contribution in [-0.2, 0) is 11.3 Å². The van der Waals surface area contributed by atoms with Crippen molar-refractivity contribution < 1.29 is 9.59 Å². The van der Waals surface area contributed by atoms with E-state index in [1.807, 2.05) is 0 Å². The van der Waals surface area contributed by atoms with Crippen molar-refractivity contribution in [3.05, 3.63) is 81.2 Å². The van der Waals surface area contributed by atoms with Crippen LogP contribution in [0.3, 0.4) is 0 Å². The molecular weight excluding hydrogens is 380 g/mol. The van der Waals surface area contributed by atoms with Gasteiger partial charge in [0.05, 0.1) is 5.39 Å². The van der Waals surface area contributed by atoms with Gasteiger partial charge < -0.3 is 0 Å². The van der Waals surface area contributed by atoms with Gasteiger partial charge in [0, 0.05) is 23.0 Å². The number of amides is 2. The molecule has 0 saturated carbocycles. The largest absolute Gasteiger partial charge is 0.290 e. The zero-order chi connectivity index (χ0) is 20.1. The van der Waals surface area contributed by atoms with Crippen LogP contribution in [0.2, 0.25) is 5.02 Å². The van der Waals surface area contributed by atoms with Gasteiger partial charge in [-0.25, -0.2) is 4.68 Å². The van der Waals surface area contributed by atoms with Crippen molar-refractivity contribution in [1.82, 2.24) is 20.6 Å². The molecule has 2 aromatic carbocycles. The van der Waals surface area contributed by atoms with Gasteiger partial charge in [-0.3, -0.25) is 25.2 Å². The summed E-state index contributed by atoms with van der Waals surface area (Å²) in [6.45, 7) is 2.07. The number of carbonyl (C=O) groups excluding carboxylic acids is 2. The fraction of sp³-hybridized carbons (Fsp3) is 0.100. The van der Waals surface area contributed by atoms with Gasteiger partial charge in [-0.05, 0) is 30.7 Å². The Kier molecular flexibility index (Phi) is 5.86. The fourth-order valence-electron chi connectivity index (χ4n) is 2.61. The second kappa shape index (κ2) is 8.49. The first-order valence-electron chi connectivity index (χ1n) is 8.54. The van der Waals surface area contributed by atoms with E-state index >= 15 is 0 Å². The molecule has 7 nitrogen and oxygen atoms in total. The summed E-state index contributed by atoms with van der Waals surface area (Å²) >= 11 is 6.02. The highest BCUT2D eigenvalue weighted by atomic mass is 35.5. The lowest BCUT2D eigenvalue weighted by atomic mass is 10.1. The van der Waals surface area contributed by atoms with Crippen LogP contribution in [0.4, 0.5) is 0 Å². The molecule has 0 aliphatic heterocycles. The molecule has 2 N–H and O–H groups in total. The number of carbonyl (C=O) groups is 2. The molecule has 0 unspecified atom stereocenters. The minimum atomic E-state index is -0.627. The molecular formula is C20H17ClN4O3. The summed E-state index contributed by atoms with van der Waals surface area (Å²) in [7, 11) is 0. The molecule has 0 atom stereocenters. The molecule has 0 fully saturated rings. The predicted octanol–water partition coefficient (Wildman–Crippen LogP) is 2.54. The number of nitrogens with zero attached hydrogens (tertiary/aromatic N) is 2. The maximum atomic E-state index is 12.5. The molecule has 0 radical (unpaired) electrons. The van der Waals surface area contributed by atoms with Crippen LogP contribution in [0, 0.1) is 0 Å². The Balaban J connectivity index is 1.77. The number of hydrogen-bond donors (Lipinski definition) is 2. The van der Waals surface area contributed by atoms with E-state index in [2.05, 4.69) is 16.0 Å². The van der Waals surface area contributed by atoms with Crippen molar-refractivity contribution >= 4 is 40.3 Å². The third-order valence-electron chi connectivity index (χ3n) is 4.00. The first-order valence-corrected chi connectivity index (χ1v) is 8.92. The first-order chi connectivity index (χ1) is 13.5. The Hall–Kier alpha value is -3.45. The van der Waals surface area contributed by atoms with Gasteiger partial charge in [-0.15, -0.1) is 0 Å². The highest BCUT2D eigenvalue weighted by molar-refractivity contribution is 6.32. The van der Waals surface area contributed by atoms with Crippen LogP contribution < -0.4 is 16.4 Å². The quantitative estimate of drug-likeness (QED) is 0.523. The van der Waals surface area contributed by atoms with Crippen LogP contribution in [0.15, 0.2) is 59.4 Å². The predicted molar refractivity (Wildman–Crippen MR) is 108 cm³/mol. The van der Waals surface area contributed by atoms with Gasteiger partial charge >= 0.3 is 0 Å². The topological polar surface area (TPSA) is 93.1 Å². The van der Waals surface area contributed by atoms with E-state index in [9.17, 15) is 14.4 Å². The Morgan fingerprint density at radius 2 is 1.75 bits per heavy atom. The maximum Gasteiger partial charge on any atom is 0.290 e. The molecule has 3 aromatic rings. The van der Waals surface area contributed by atoms with E-state index in [1.54, 1.807) is 55.5 Å². The van der Waals surface area contributed by atoms with Gasteiger partial charge in [-0.2, -0.15) is 5.10 Å². The summed E-state index contributed by atoms with van der Waals surface area (Å²) in [6.07, 6.45) is 2.79. The maximum absolute atomic E-state index is 12.5. The van der Waals surface area contributed by atoms with Crippen LogP contribution in [0.5, 0.6) is 0 Å². The molecule has 1 heterocycles. The summed E-state index contributed by atoms with van der Waals surface area (Å²) in [4.78, 5) is 36.8. The van der Waals surface area contributed by atoms with Gasteiger partial charge in [0.1, 0.15) is 0 Å². The lowest BCUT2D eigenvalue weighted by molar-refractivity contribution is -0.117. The van der Waals surface area contributed by atoms with E-state index in [0.29, 0.717) is 27.9 Å². The standard InChI is InChI=1S/C20H17ClN4O3/c1-2-25-20(28)15-9-5-4-8-14(15)18(24-25)19(27)23-22-17(26)12-11-13-7-3-6-10-16(13)21/h3-12H,2H2,1H3,(H,22,26)(H,23,27)/b12-11+. The number of aryl methyl sites for hydroxylation is 1.